The van der Waals surface area contributed by atoms with Crippen molar-refractivity contribution in [2.45, 2.75) is 5.16 Å². The summed E-state index contributed by atoms with van der Waals surface area (Å²) < 4.78 is 1.57. The average molecular weight is 319 g/mol. The molecule has 1 aliphatic rings. The van der Waals surface area contributed by atoms with Gasteiger partial charge >= 0.3 is 0 Å². The molecule has 0 spiro atoms. The van der Waals surface area contributed by atoms with Gasteiger partial charge in [0.05, 0.1) is 5.75 Å². The van der Waals surface area contributed by atoms with Gasteiger partial charge in [0.2, 0.25) is 11.1 Å². The first-order valence-corrected chi connectivity index (χ1v) is 8.01. The zero-order valence-electron chi connectivity index (χ0n) is 12.3. The van der Waals surface area contributed by atoms with Crippen LogP contribution in [0.2, 0.25) is 0 Å². The van der Waals surface area contributed by atoms with E-state index in [0.29, 0.717) is 24.0 Å². The maximum Gasteiger partial charge on any atom is 0.233 e. The summed E-state index contributed by atoms with van der Waals surface area (Å²) in [5.41, 5.74) is 0. The Bertz CT molecular complexity index is 624. The normalized spacial score (nSPS) is 15.1. The average Bonchev–Trinajstić information content (AvgIpc) is 2.99. The summed E-state index contributed by atoms with van der Waals surface area (Å²) in [4.78, 5) is 20.7. The number of tetrazole rings is 1. The van der Waals surface area contributed by atoms with E-state index in [-0.39, 0.29) is 5.91 Å². The van der Waals surface area contributed by atoms with Crippen LogP contribution in [0.15, 0.2) is 29.6 Å². The Kier molecular flexibility index (Phi) is 4.52. The van der Waals surface area contributed by atoms with Gasteiger partial charge in [-0.3, -0.25) is 4.79 Å². The molecule has 0 aromatic carbocycles. The summed E-state index contributed by atoms with van der Waals surface area (Å²) in [6, 6.07) is 5.88. The first-order chi connectivity index (χ1) is 10.7. The molecule has 8 nitrogen and oxygen atoms in total. The fourth-order valence-corrected chi connectivity index (χ4v) is 3.04. The van der Waals surface area contributed by atoms with Crippen molar-refractivity contribution in [3.05, 3.63) is 24.4 Å². The van der Waals surface area contributed by atoms with Gasteiger partial charge in [-0.15, -0.1) is 5.10 Å². The minimum Gasteiger partial charge on any atom is -0.353 e. The number of hydrogen-bond acceptors (Lipinski definition) is 7. The SMILES string of the molecule is Cn1nnnc1SCC(=O)N1CCN(c2ccccn2)CC1. The molecule has 116 valence electrons. The van der Waals surface area contributed by atoms with E-state index in [0.717, 1.165) is 18.9 Å². The number of piperazine rings is 1. The van der Waals surface area contributed by atoms with E-state index in [1.807, 2.05) is 23.1 Å². The largest absolute Gasteiger partial charge is 0.353 e. The zero-order chi connectivity index (χ0) is 15.4. The lowest BCUT2D eigenvalue weighted by Crippen LogP contribution is -2.49. The molecule has 0 bridgehead atoms. The van der Waals surface area contributed by atoms with Gasteiger partial charge in [-0.25, -0.2) is 9.67 Å². The van der Waals surface area contributed by atoms with Gasteiger partial charge in [-0.1, -0.05) is 17.8 Å². The second-order valence-corrected chi connectivity index (χ2v) is 5.87. The summed E-state index contributed by atoms with van der Waals surface area (Å²) in [5.74, 6) is 1.44. The standard InChI is InChI=1S/C13H17N7OS/c1-18-13(15-16-17-18)22-10-12(21)20-8-6-19(7-9-20)11-4-2-3-5-14-11/h2-5H,6-10H2,1H3. The van der Waals surface area contributed by atoms with Crippen LogP contribution in [-0.2, 0) is 11.8 Å². The molecule has 0 N–H and O–H groups in total. The zero-order valence-corrected chi connectivity index (χ0v) is 13.1. The maximum atomic E-state index is 12.2. The van der Waals surface area contributed by atoms with Crippen LogP contribution in [-0.4, -0.2) is 67.9 Å². The topological polar surface area (TPSA) is 80.0 Å². The molecule has 0 unspecified atom stereocenters. The third kappa shape index (κ3) is 3.35. The van der Waals surface area contributed by atoms with E-state index in [9.17, 15) is 4.79 Å². The Labute approximate surface area is 132 Å². The van der Waals surface area contributed by atoms with E-state index in [1.54, 1.807) is 17.9 Å². The molecule has 0 radical (unpaired) electrons. The van der Waals surface area contributed by atoms with Crippen molar-refractivity contribution in [3.63, 3.8) is 0 Å². The second kappa shape index (κ2) is 6.73. The Balaban J connectivity index is 1.49. The first kappa shape index (κ1) is 14.8. The lowest BCUT2D eigenvalue weighted by atomic mass is 10.3. The predicted octanol–water partition coefficient (Wildman–Crippen LogP) is 0.0460. The van der Waals surface area contributed by atoms with E-state index in [2.05, 4.69) is 25.4 Å². The molecule has 9 heteroatoms. The van der Waals surface area contributed by atoms with Crippen molar-refractivity contribution >= 4 is 23.5 Å². The number of anilines is 1. The minimum absolute atomic E-state index is 0.119. The molecule has 1 aliphatic heterocycles. The Morgan fingerprint density at radius 3 is 2.73 bits per heavy atom. The van der Waals surface area contributed by atoms with Crippen molar-refractivity contribution < 1.29 is 4.79 Å². The molecule has 1 amide bonds. The van der Waals surface area contributed by atoms with Crippen LogP contribution in [0.25, 0.3) is 0 Å². The number of thioether (sulfide) groups is 1. The number of aryl methyl sites for hydroxylation is 1. The van der Waals surface area contributed by atoms with Gasteiger partial charge in [-0.05, 0) is 22.6 Å². The Morgan fingerprint density at radius 2 is 2.09 bits per heavy atom. The first-order valence-electron chi connectivity index (χ1n) is 7.03. The van der Waals surface area contributed by atoms with E-state index < -0.39 is 0 Å². The number of amides is 1. The van der Waals surface area contributed by atoms with Crippen LogP contribution < -0.4 is 4.90 Å². The third-order valence-electron chi connectivity index (χ3n) is 3.51. The minimum atomic E-state index is 0.119. The fraction of sp³-hybridized carbons (Fsp3) is 0.462. The highest BCUT2D eigenvalue weighted by Crippen LogP contribution is 2.16. The predicted molar refractivity (Wildman–Crippen MR) is 82.6 cm³/mol. The number of carbonyl (C=O) groups is 1. The third-order valence-corrected chi connectivity index (χ3v) is 4.51. The Morgan fingerprint density at radius 1 is 1.27 bits per heavy atom. The molecule has 1 fully saturated rings. The second-order valence-electron chi connectivity index (χ2n) is 4.93. The van der Waals surface area contributed by atoms with Gasteiger partial charge < -0.3 is 9.80 Å². The number of rotatable bonds is 4. The van der Waals surface area contributed by atoms with Crippen LogP contribution in [0.4, 0.5) is 5.82 Å². The van der Waals surface area contributed by atoms with Crippen LogP contribution >= 0.6 is 11.8 Å². The molecular weight excluding hydrogens is 302 g/mol. The lowest BCUT2D eigenvalue weighted by Gasteiger charge is -2.35. The van der Waals surface area contributed by atoms with E-state index in [4.69, 9.17) is 0 Å². The number of carbonyl (C=O) groups excluding carboxylic acids is 1. The van der Waals surface area contributed by atoms with Gasteiger partial charge in [0.15, 0.2) is 0 Å². The van der Waals surface area contributed by atoms with Gasteiger partial charge in [0.1, 0.15) is 5.82 Å². The van der Waals surface area contributed by atoms with Crippen LogP contribution in [0.3, 0.4) is 0 Å². The molecule has 0 atom stereocenters. The van der Waals surface area contributed by atoms with Crippen molar-refractivity contribution in [1.29, 1.82) is 0 Å². The molecule has 0 saturated carbocycles. The molecule has 0 aliphatic carbocycles. The lowest BCUT2D eigenvalue weighted by molar-refractivity contribution is -0.128. The quantitative estimate of drug-likeness (QED) is 0.736. The molecule has 22 heavy (non-hydrogen) atoms. The van der Waals surface area contributed by atoms with Crippen LogP contribution in [0.1, 0.15) is 0 Å². The van der Waals surface area contributed by atoms with Crippen LogP contribution in [0, 0.1) is 0 Å². The fourth-order valence-electron chi connectivity index (χ4n) is 2.29. The summed E-state index contributed by atoms with van der Waals surface area (Å²) in [7, 11) is 1.76. The van der Waals surface area contributed by atoms with E-state index >= 15 is 0 Å². The van der Waals surface area contributed by atoms with Gasteiger partial charge in [0.25, 0.3) is 0 Å². The smallest absolute Gasteiger partial charge is 0.233 e. The summed E-state index contributed by atoms with van der Waals surface area (Å²) in [6.45, 7) is 3.04. The van der Waals surface area contributed by atoms with Crippen molar-refractivity contribution in [3.8, 4) is 0 Å². The molecule has 3 rings (SSSR count). The summed E-state index contributed by atoms with van der Waals surface area (Å²) in [6.07, 6.45) is 1.79. The summed E-state index contributed by atoms with van der Waals surface area (Å²) >= 11 is 1.36. The number of nitrogens with zero attached hydrogens (tertiary/aromatic N) is 7. The molecule has 3 heterocycles. The highest BCUT2D eigenvalue weighted by Gasteiger charge is 2.22. The van der Waals surface area contributed by atoms with Crippen LogP contribution in [0.5, 0.6) is 0 Å². The molecule has 2 aromatic heterocycles. The highest BCUT2D eigenvalue weighted by atomic mass is 32.2. The number of pyridine rings is 1. The van der Waals surface area contributed by atoms with Crippen molar-refractivity contribution in [1.82, 2.24) is 30.1 Å². The van der Waals surface area contributed by atoms with Gasteiger partial charge in [-0.2, -0.15) is 0 Å². The van der Waals surface area contributed by atoms with Crippen molar-refractivity contribution in [2.75, 3.05) is 36.8 Å². The number of hydrogen-bond donors (Lipinski definition) is 0. The molecular formula is C13H17N7OS. The maximum absolute atomic E-state index is 12.2. The molecule has 2 aromatic rings. The molecule has 1 saturated heterocycles. The monoisotopic (exact) mass is 319 g/mol. The summed E-state index contributed by atoms with van der Waals surface area (Å²) in [5, 5.41) is 11.8. The highest BCUT2D eigenvalue weighted by molar-refractivity contribution is 7.99. The number of aromatic nitrogens is 5. The van der Waals surface area contributed by atoms with Gasteiger partial charge in [0, 0.05) is 39.4 Å². The Hall–Kier alpha value is -2.16. The van der Waals surface area contributed by atoms with E-state index in [1.165, 1.54) is 11.8 Å². The van der Waals surface area contributed by atoms with Crippen molar-refractivity contribution in [2.24, 2.45) is 7.05 Å².